The van der Waals surface area contributed by atoms with E-state index < -0.39 is 0 Å². The summed E-state index contributed by atoms with van der Waals surface area (Å²) < 4.78 is 1.21. The van der Waals surface area contributed by atoms with Gasteiger partial charge in [-0.25, -0.2) is 4.98 Å². The number of amides is 1. The summed E-state index contributed by atoms with van der Waals surface area (Å²) in [5.74, 6) is -0.235. The van der Waals surface area contributed by atoms with Crippen LogP contribution in [0.2, 0.25) is 0 Å². The third kappa shape index (κ3) is 3.65. The zero-order valence-corrected chi connectivity index (χ0v) is 17.2. The third-order valence-electron chi connectivity index (χ3n) is 5.24. The molecule has 1 aliphatic heterocycles. The number of carbonyl (C=O) groups is 1. The van der Waals surface area contributed by atoms with Crippen molar-refractivity contribution in [3.63, 3.8) is 0 Å². The number of piperazine rings is 1. The van der Waals surface area contributed by atoms with Crippen LogP contribution in [0.1, 0.15) is 13.3 Å². The number of nitrogens with zero attached hydrogens (tertiary/aromatic N) is 3. The second-order valence-electron chi connectivity index (χ2n) is 7.14. The molecule has 0 radical (unpaired) electrons. The van der Waals surface area contributed by atoms with Gasteiger partial charge in [0.2, 0.25) is 0 Å². The van der Waals surface area contributed by atoms with E-state index in [0.717, 1.165) is 48.5 Å². The second kappa shape index (κ2) is 8.22. The van der Waals surface area contributed by atoms with E-state index in [9.17, 15) is 4.79 Å². The van der Waals surface area contributed by atoms with Crippen LogP contribution >= 0.6 is 11.3 Å². The van der Waals surface area contributed by atoms with Gasteiger partial charge in [0.15, 0.2) is 0 Å². The van der Waals surface area contributed by atoms with Gasteiger partial charge in [-0.2, -0.15) is 0 Å². The van der Waals surface area contributed by atoms with Gasteiger partial charge in [0.05, 0.1) is 23.3 Å². The minimum Gasteiger partial charge on any atom is -0.367 e. The standard InChI is InChI=1S/C23H21N5OS.2H2/c29-23(27-20-14-25-9-8-21(20)28-12-10-24-11-13-28)19-6-3-5-18(26-19)17-15-30-22-7-2-1-4-16(17)22;;/h1-9,14-15,24H,10-13H2,(H,27,29);2*1H. The summed E-state index contributed by atoms with van der Waals surface area (Å²) in [6.07, 6.45) is 3.46. The number of fused-ring (bicyclic) bond motifs is 1. The van der Waals surface area contributed by atoms with Crippen molar-refractivity contribution in [2.24, 2.45) is 0 Å². The van der Waals surface area contributed by atoms with Crippen LogP contribution < -0.4 is 15.5 Å². The summed E-state index contributed by atoms with van der Waals surface area (Å²) in [5.41, 5.74) is 3.93. The Morgan fingerprint density at radius 2 is 1.97 bits per heavy atom. The lowest BCUT2D eigenvalue weighted by Gasteiger charge is -2.30. The van der Waals surface area contributed by atoms with Gasteiger partial charge in [-0.15, -0.1) is 11.3 Å². The summed E-state index contributed by atoms with van der Waals surface area (Å²) in [4.78, 5) is 24.1. The van der Waals surface area contributed by atoms with Crippen LogP contribution in [0.5, 0.6) is 0 Å². The van der Waals surface area contributed by atoms with Crippen LogP contribution in [0.3, 0.4) is 0 Å². The fraction of sp³-hybridized carbons (Fsp3) is 0.174. The Bertz CT molecular complexity index is 1210. The lowest BCUT2D eigenvalue weighted by atomic mass is 10.1. The number of nitrogens with one attached hydrogen (secondary N) is 2. The maximum Gasteiger partial charge on any atom is 0.274 e. The number of thiophene rings is 1. The Morgan fingerprint density at radius 3 is 2.87 bits per heavy atom. The molecule has 0 atom stereocenters. The Labute approximate surface area is 181 Å². The molecule has 0 unspecified atom stereocenters. The highest BCUT2D eigenvalue weighted by Gasteiger charge is 2.17. The number of aromatic nitrogens is 2. The SMILES string of the molecule is O=C(Nc1cnccc1N1CCNCC1)c1cccc(-c2csc3ccccc23)n1.[HH].[HH]. The number of pyridine rings is 2. The molecule has 2 N–H and O–H groups in total. The van der Waals surface area contributed by atoms with E-state index in [0.29, 0.717) is 11.4 Å². The maximum absolute atomic E-state index is 13.0. The average molecular weight is 420 g/mol. The van der Waals surface area contributed by atoms with Crippen molar-refractivity contribution in [3.8, 4) is 11.3 Å². The Balaban J connectivity index is 0.00000144. The number of rotatable bonds is 4. The minimum absolute atomic E-state index is 0. The molecule has 1 aromatic carbocycles. The van der Waals surface area contributed by atoms with Crippen molar-refractivity contribution in [2.75, 3.05) is 36.4 Å². The highest BCUT2D eigenvalue weighted by molar-refractivity contribution is 7.17. The van der Waals surface area contributed by atoms with Crippen molar-refractivity contribution in [2.45, 2.75) is 0 Å². The molecule has 1 aliphatic rings. The van der Waals surface area contributed by atoms with Crippen molar-refractivity contribution in [1.29, 1.82) is 0 Å². The Kier molecular flexibility index (Phi) is 5.13. The van der Waals surface area contributed by atoms with Crippen molar-refractivity contribution in [3.05, 3.63) is 72.0 Å². The first kappa shape index (κ1) is 18.7. The summed E-state index contributed by atoms with van der Waals surface area (Å²) in [6.45, 7) is 3.64. The first-order chi connectivity index (χ1) is 14.8. The van der Waals surface area contributed by atoms with Crippen molar-refractivity contribution < 1.29 is 7.65 Å². The van der Waals surface area contributed by atoms with Gasteiger partial charge in [0, 0.05) is 56.3 Å². The molecule has 5 rings (SSSR count). The van der Waals surface area contributed by atoms with Gasteiger partial charge in [-0.3, -0.25) is 9.78 Å². The monoisotopic (exact) mass is 419 g/mol. The molecule has 154 valence electrons. The van der Waals surface area contributed by atoms with Crippen LogP contribution in [-0.4, -0.2) is 42.1 Å². The molecule has 0 spiro atoms. The third-order valence-corrected chi connectivity index (χ3v) is 6.21. The van der Waals surface area contributed by atoms with Gasteiger partial charge in [0.1, 0.15) is 5.69 Å². The predicted octanol–water partition coefficient (Wildman–Crippen LogP) is 4.51. The largest absolute Gasteiger partial charge is 0.367 e. The molecule has 1 saturated heterocycles. The molecule has 30 heavy (non-hydrogen) atoms. The summed E-state index contributed by atoms with van der Waals surface area (Å²) in [6, 6.07) is 15.8. The summed E-state index contributed by atoms with van der Waals surface area (Å²) >= 11 is 1.68. The molecule has 0 aliphatic carbocycles. The number of benzene rings is 1. The van der Waals surface area contributed by atoms with Crippen LogP contribution in [-0.2, 0) is 0 Å². The molecule has 4 heterocycles. The first-order valence-corrected chi connectivity index (χ1v) is 10.8. The van der Waals surface area contributed by atoms with E-state index >= 15 is 0 Å². The van der Waals surface area contributed by atoms with Crippen LogP contribution in [0, 0.1) is 0 Å². The zero-order valence-electron chi connectivity index (χ0n) is 16.3. The van der Waals surface area contributed by atoms with Crippen LogP contribution in [0.4, 0.5) is 11.4 Å². The van der Waals surface area contributed by atoms with Crippen molar-refractivity contribution >= 4 is 38.7 Å². The number of hydrogen-bond donors (Lipinski definition) is 2. The Hall–Kier alpha value is -3.29. The fourth-order valence-electron chi connectivity index (χ4n) is 3.74. The Morgan fingerprint density at radius 1 is 1.10 bits per heavy atom. The van der Waals surface area contributed by atoms with Crippen LogP contribution in [0.25, 0.3) is 21.3 Å². The van der Waals surface area contributed by atoms with E-state index in [1.54, 1.807) is 29.8 Å². The van der Waals surface area contributed by atoms with E-state index in [4.69, 9.17) is 0 Å². The van der Waals surface area contributed by atoms with Crippen LogP contribution in [0.15, 0.2) is 66.3 Å². The molecular weight excluding hydrogens is 394 g/mol. The van der Waals surface area contributed by atoms with Gasteiger partial charge in [-0.05, 0) is 24.3 Å². The van der Waals surface area contributed by atoms with Gasteiger partial charge >= 0.3 is 0 Å². The number of anilines is 2. The van der Waals surface area contributed by atoms with Crippen molar-refractivity contribution in [1.82, 2.24) is 15.3 Å². The molecule has 0 saturated carbocycles. The molecule has 1 amide bonds. The quantitative estimate of drug-likeness (QED) is 0.509. The average Bonchev–Trinajstić information content (AvgIpc) is 3.24. The highest BCUT2D eigenvalue weighted by Crippen LogP contribution is 2.33. The molecule has 1 fully saturated rings. The molecule has 7 heteroatoms. The molecule has 3 aromatic heterocycles. The number of carbonyl (C=O) groups excluding carboxylic acids is 1. The minimum atomic E-state index is -0.235. The zero-order chi connectivity index (χ0) is 20.3. The second-order valence-corrected chi connectivity index (χ2v) is 8.05. The topological polar surface area (TPSA) is 70.2 Å². The molecular formula is C23H25N5OS. The lowest BCUT2D eigenvalue weighted by molar-refractivity contribution is 0.102. The molecule has 0 bridgehead atoms. The van der Waals surface area contributed by atoms with E-state index in [-0.39, 0.29) is 8.76 Å². The highest BCUT2D eigenvalue weighted by atomic mass is 32.1. The first-order valence-electron chi connectivity index (χ1n) is 9.94. The number of hydrogen-bond acceptors (Lipinski definition) is 6. The molecule has 6 nitrogen and oxygen atoms in total. The van der Waals surface area contributed by atoms with E-state index in [1.807, 2.05) is 30.3 Å². The predicted molar refractivity (Wildman–Crippen MR) is 127 cm³/mol. The van der Waals surface area contributed by atoms with Gasteiger partial charge < -0.3 is 15.5 Å². The lowest BCUT2D eigenvalue weighted by Crippen LogP contribution is -2.43. The maximum atomic E-state index is 13.0. The van der Waals surface area contributed by atoms with E-state index in [1.165, 1.54) is 4.70 Å². The molecule has 4 aromatic rings. The smallest absolute Gasteiger partial charge is 0.274 e. The van der Waals surface area contributed by atoms with E-state index in [2.05, 4.69) is 43.0 Å². The summed E-state index contributed by atoms with van der Waals surface area (Å²) in [5, 5.41) is 9.61. The fourth-order valence-corrected chi connectivity index (χ4v) is 4.69. The van der Waals surface area contributed by atoms with Gasteiger partial charge in [-0.1, -0.05) is 24.3 Å². The van der Waals surface area contributed by atoms with Gasteiger partial charge in [0.25, 0.3) is 5.91 Å². The normalized spacial score (nSPS) is 14.1. The summed E-state index contributed by atoms with van der Waals surface area (Å²) in [7, 11) is 0.